The minimum absolute atomic E-state index is 0.795. The van der Waals surface area contributed by atoms with Gasteiger partial charge in [-0.3, -0.25) is 0 Å². The molecule has 0 aromatic rings. The van der Waals surface area contributed by atoms with Crippen molar-refractivity contribution in [2.75, 3.05) is 0 Å². The lowest BCUT2D eigenvalue weighted by atomic mass is 9.93. The van der Waals surface area contributed by atoms with Crippen LogP contribution < -0.4 is 0 Å². The van der Waals surface area contributed by atoms with Crippen LogP contribution in [-0.2, 0) is 0 Å². The highest BCUT2D eigenvalue weighted by Gasteiger charge is 2.04. The van der Waals surface area contributed by atoms with Gasteiger partial charge in [-0.15, -0.1) is 0 Å². The van der Waals surface area contributed by atoms with Gasteiger partial charge in [0.05, 0.1) is 0 Å². The molecule has 0 N–H and O–H groups in total. The van der Waals surface area contributed by atoms with Gasteiger partial charge in [0.1, 0.15) is 0 Å². The van der Waals surface area contributed by atoms with E-state index in [4.69, 9.17) is 0 Å². The molecule has 0 bridgehead atoms. The molecule has 45 valence electrons. The Morgan fingerprint density at radius 1 is 1.62 bits per heavy atom. The summed E-state index contributed by atoms with van der Waals surface area (Å²) in [6.45, 7) is 4.46. The molecule has 8 heavy (non-hydrogen) atoms. The Morgan fingerprint density at radius 2 is 2.38 bits per heavy atom. The molecule has 0 aliphatic heterocycles. The lowest BCUT2D eigenvalue weighted by Crippen LogP contribution is -1.98. The van der Waals surface area contributed by atoms with Crippen LogP contribution in [0.25, 0.3) is 0 Å². The van der Waals surface area contributed by atoms with Crippen LogP contribution >= 0.6 is 0 Å². The van der Waals surface area contributed by atoms with Gasteiger partial charge in [-0.1, -0.05) is 18.6 Å². The van der Waals surface area contributed by atoms with E-state index in [0.717, 1.165) is 5.92 Å². The second-order valence-corrected chi connectivity index (χ2v) is 2.72. The molecule has 0 aromatic heterocycles. The molecular weight excluding hydrogens is 96.1 g/mol. The van der Waals surface area contributed by atoms with Crippen molar-refractivity contribution in [2.24, 2.45) is 5.92 Å². The highest BCUT2D eigenvalue weighted by atomic mass is 14.1. The second kappa shape index (κ2) is 2.34. The fraction of sp³-hybridized carbons (Fsp3) is 0.625. The summed E-state index contributed by atoms with van der Waals surface area (Å²) in [5.41, 5.74) is 1.53. The highest BCUT2D eigenvalue weighted by molar-refractivity contribution is 5.08. The van der Waals surface area contributed by atoms with Crippen LogP contribution in [0.5, 0.6) is 0 Å². The summed E-state index contributed by atoms with van der Waals surface area (Å²) < 4.78 is 0. The molecule has 0 heterocycles. The molecular formula is C8H13. The molecule has 1 aliphatic rings. The molecule has 0 saturated heterocycles. The van der Waals surface area contributed by atoms with E-state index in [0.29, 0.717) is 0 Å². The molecule has 1 aliphatic carbocycles. The van der Waals surface area contributed by atoms with E-state index in [1.165, 1.54) is 18.4 Å². The van der Waals surface area contributed by atoms with Gasteiger partial charge in [-0.2, -0.15) is 0 Å². The normalized spacial score (nSPS) is 29.8. The van der Waals surface area contributed by atoms with Crippen molar-refractivity contribution in [1.82, 2.24) is 0 Å². The van der Waals surface area contributed by atoms with Crippen LogP contribution in [0.15, 0.2) is 11.6 Å². The summed E-state index contributed by atoms with van der Waals surface area (Å²) in [6.07, 6.45) is 7.21. The van der Waals surface area contributed by atoms with Crippen LogP contribution in [0.3, 0.4) is 0 Å². The molecule has 0 saturated carbocycles. The zero-order valence-electron chi connectivity index (χ0n) is 5.65. The van der Waals surface area contributed by atoms with E-state index in [-0.39, 0.29) is 0 Å². The first-order valence-electron chi connectivity index (χ1n) is 3.28. The average Bonchev–Trinajstić information content (AvgIpc) is 1.64. The Morgan fingerprint density at radius 3 is 2.75 bits per heavy atom. The van der Waals surface area contributed by atoms with Crippen LogP contribution in [0.1, 0.15) is 26.7 Å². The van der Waals surface area contributed by atoms with Crippen molar-refractivity contribution in [3.8, 4) is 0 Å². The van der Waals surface area contributed by atoms with E-state index in [2.05, 4.69) is 26.3 Å². The standard InChI is InChI=1S/C8H13/c1-7-4-3-5-8(2)6-7/h3,6-7H,4-5H2,1-2H3. The van der Waals surface area contributed by atoms with Gasteiger partial charge < -0.3 is 0 Å². The van der Waals surface area contributed by atoms with E-state index in [1.807, 2.05) is 0 Å². The first-order valence-corrected chi connectivity index (χ1v) is 3.28. The van der Waals surface area contributed by atoms with Crippen molar-refractivity contribution in [3.63, 3.8) is 0 Å². The van der Waals surface area contributed by atoms with Crippen molar-refractivity contribution in [2.45, 2.75) is 26.7 Å². The number of rotatable bonds is 0. The molecule has 0 fully saturated rings. The number of allylic oxidation sites excluding steroid dienone is 2. The Hall–Kier alpha value is -0.260. The SMILES string of the molecule is CC1=CC(C)C[CH]C1. The fourth-order valence-electron chi connectivity index (χ4n) is 1.20. The Kier molecular flexibility index (Phi) is 1.72. The lowest BCUT2D eigenvalue weighted by molar-refractivity contribution is 0.661. The third kappa shape index (κ3) is 1.36. The average molecular weight is 109 g/mol. The van der Waals surface area contributed by atoms with Crippen LogP contribution in [0.4, 0.5) is 0 Å². The molecule has 1 unspecified atom stereocenters. The zero-order chi connectivity index (χ0) is 5.98. The highest BCUT2D eigenvalue weighted by Crippen LogP contribution is 2.20. The smallest absolute Gasteiger partial charge is 0.0257 e. The zero-order valence-corrected chi connectivity index (χ0v) is 5.65. The number of hydrogen-bond donors (Lipinski definition) is 0. The van der Waals surface area contributed by atoms with Crippen molar-refractivity contribution >= 4 is 0 Å². The summed E-state index contributed by atoms with van der Waals surface area (Å²) in [6, 6.07) is 0. The quantitative estimate of drug-likeness (QED) is 0.419. The Bertz CT molecular complexity index is 101. The largest absolute Gasteiger partial charge is 0.0827 e. The van der Waals surface area contributed by atoms with Gasteiger partial charge >= 0.3 is 0 Å². The Labute approximate surface area is 51.6 Å². The van der Waals surface area contributed by atoms with E-state index in [1.54, 1.807) is 0 Å². The van der Waals surface area contributed by atoms with Gasteiger partial charge in [0.25, 0.3) is 0 Å². The maximum absolute atomic E-state index is 2.36. The van der Waals surface area contributed by atoms with Gasteiger partial charge in [-0.05, 0) is 32.1 Å². The summed E-state index contributed by atoms with van der Waals surface area (Å²) >= 11 is 0. The van der Waals surface area contributed by atoms with E-state index in [9.17, 15) is 0 Å². The molecule has 0 amide bonds. The molecule has 1 atom stereocenters. The van der Waals surface area contributed by atoms with Gasteiger partial charge in [0.15, 0.2) is 0 Å². The van der Waals surface area contributed by atoms with Crippen molar-refractivity contribution in [1.29, 1.82) is 0 Å². The van der Waals surface area contributed by atoms with Gasteiger partial charge in [-0.25, -0.2) is 0 Å². The van der Waals surface area contributed by atoms with Crippen LogP contribution in [0, 0.1) is 12.3 Å². The summed E-state index contributed by atoms with van der Waals surface area (Å²) in [7, 11) is 0. The maximum Gasteiger partial charge on any atom is -0.0257 e. The predicted molar refractivity (Wildman–Crippen MR) is 36.5 cm³/mol. The summed E-state index contributed by atoms with van der Waals surface area (Å²) in [4.78, 5) is 0. The van der Waals surface area contributed by atoms with Gasteiger partial charge in [0, 0.05) is 0 Å². The minimum Gasteiger partial charge on any atom is -0.0827 e. The van der Waals surface area contributed by atoms with Crippen molar-refractivity contribution < 1.29 is 0 Å². The fourth-order valence-corrected chi connectivity index (χ4v) is 1.20. The Balaban J connectivity index is 2.50. The summed E-state index contributed by atoms with van der Waals surface area (Å²) in [5, 5.41) is 0. The third-order valence-electron chi connectivity index (χ3n) is 1.57. The van der Waals surface area contributed by atoms with Crippen molar-refractivity contribution in [3.05, 3.63) is 18.1 Å². The molecule has 0 aromatic carbocycles. The lowest BCUT2D eigenvalue weighted by Gasteiger charge is -2.13. The number of hydrogen-bond acceptors (Lipinski definition) is 0. The first-order chi connectivity index (χ1) is 3.79. The minimum atomic E-state index is 0.795. The topological polar surface area (TPSA) is 0 Å². The first kappa shape index (κ1) is 5.87. The molecule has 1 radical (unpaired) electrons. The predicted octanol–water partition coefficient (Wildman–Crippen LogP) is 2.57. The maximum atomic E-state index is 2.36. The van der Waals surface area contributed by atoms with Crippen LogP contribution in [-0.4, -0.2) is 0 Å². The molecule has 0 heteroatoms. The van der Waals surface area contributed by atoms with Gasteiger partial charge in [0.2, 0.25) is 0 Å². The molecule has 0 nitrogen and oxygen atoms in total. The van der Waals surface area contributed by atoms with E-state index < -0.39 is 0 Å². The van der Waals surface area contributed by atoms with E-state index >= 15 is 0 Å². The molecule has 0 spiro atoms. The second-order valence-electron chi connectivity index (χ2n) is 2.72. The van der Waals surface area contributed by atoms with Crippen LogP contribution in [0.2, 0.25) is 0 Å². The molecule has 1 rings (SSSR count). The summed E-state index contributed by atoms with van der Waals surface area (Å²) in [5.74, 6) is 0.795. The monoisotopic (exact) mass is 109 g/mol. The third-order valence-corrected chi connectivity index (χ3v) is 1.57.